The lowest BCUT2D eigenvalue weighted by Gasteiger charge is -2.08. The highest BCUT2D eigenvalue weighted by Crippen LogP contribution is 2.20. The van der Waals surface area contributed by atoms with Crippen LogP contribution in [0.25, 0.3) is 11.2 Å². The minimum absolute atomic E-state index is 0.0620. The van der Waals surface area contributed by atoms with E-state index in [1.807, 2.05) is 0 Å². The predicted octanol–water partition coefficient (Wildman–Crippen LogP) is -0.297. The molecule has 3 rings (SSSR count). The number of hydrazine groups is 1. The molecule has 2 aromatic heterocycles. The van der Waals surface area contributed by atoms with Crippen LogP contribution in [0.5, 0.6) is 5.75 Å². The Bertz CT molecular complexity index is 1190. The molecule has 0 atom stereocenters. The number of benzene rings is 1. The molecule has 0 bridgehead atoms. The van der Waals surface area contributed by atoms with E-state index in [1.165, 1.54) is 29.8 Å². The third-order valence-electron chi connectivity index (χ3n) is 3.91. The lowest BCUT2D eigenvalue weighted by atomic mass is 10.2. The molecule has 2 heterocycles. The van der Waals surface area contributed by atoms with E-state index in [1.54, 1.807) is 0 Å². The molecule has 0 radical (unpaired) electrons. The Labute approximate surface area is 161 Å². The summed E-state index contributed by atoms with van der Waals surface area (Å²) in [5, 5.41) is 9.91. The van der Waals surface area contributed by atoms with Gasteiger partial charge in [0.15, 0.2) is 5.65 Å². The van der Waals surface area contributed by atoms with Crippen molar-refractivity contribution in [2.24, 2.45) is 7.05 Å². The molecule has 28 heavy (non-hydrogen) atoms. The van der Waals surface area contributed by atoms with E-state index in [-0.39, 0.29) is 40.3 Å². The van der Waals surface area contributed by atoms with E-state index in [2.05, 4.69) is 25.8 Å². The minimum atomic E-state index is -0.737. The standard InChI is InChI=1S/C16H15ClN6O5/c1-23-13-12(15(27)20-16(23)28)18-10(19-13)4-5-11(25)21-22-14(26)8-6-7(17)2-3-9(8)24/h2-3,6,24H,4-5H2,1H3,(H,18,19)(H,21,25)(H,22,26)(H,20,27,28). The molecule has 5 N–H and O–H groups in total. The summed E-state index contributed by atoms with van der Waals surface area (Å²) in [6.07, 6.45) is 0.0694. The van der Waals surface area contributed by atoms with E-state index in [0.29, 0.717) is 5.82 Å². The normalized spacial score (nSPS) is 10.8. The van der Waals surface area contributed by atoms with Gasteiger partial charge in [-0.1, -0.05) is 11.6 Å². The number of phenolic OH excluding ortho intramolecular Hbond substituents is 1. The average Bonchev–Trinajstić information content (AvgIpc) is 3.09. The first-order valence-electron chi connectivity index (χ1n) is 8.02. The molecule has 1 aromatic carbocycles. The average molecular weight is 407 g/mol. The molecule has 0 aliphatic carbocycles. The summed E-state index contributed by atoms with van der Waals surface area (Å²) in [5.74, 6) is -1.22. The SMILES string of the molecule is Cn1c(=O)[nH]c(=O)c2[nH]c(CCC(=O)NNC(=O)c3cc(Cl)ccc3O)nc21. The number of hydrogen-bond donors (Lipinski definition) is 5. The van der Waals surface area contributed by atoms with Crippen LogP contribution in [0.4, 0.5) is 0 Å². The van der Waals surface area contributed by atoms with Gasteiger partial charge in [-0.3, -0.25) is 34.8 Å². The van der Waals surface area contributed by atoms with Crippen molar-refractivity contribution in [1.29, 1.82) is 0 Å². The monoisotopic (exact) mass is 406 g/mol. The summed E-state index contributed by atoms with van der Waals surface area (Å²) < 4.78 is 1.18. The van der Waals surface area contributed by atoms with Crippen molar-refractivity contribution in [2.45, 2.75) is 12.8 Å². The third-order valence-corrected chi connectivity index (χ3v) is 4.15. The number of aromatic nitrogens is 4. The number of H-pyrrole nitrogens is 2. The van der Waals surface area contributed by atoms with Crippen LogP contribution in [0.3, 0.4) is 0 Å². The lowest BCUT2D eigenvalue weighted by Crippen LogP contribution is -2.41. The number of aromatic amines is 2. The summed E-state index contributed by atoms with van der Waals surface area (Å²) in [6, 6.07) is 3.94. The van der Waals surface area contributed by atoms with E-state index < -0.39 is 23.1 Å². The Morgan fingerprint density at radius 3 is 2.75 bits per heavy atom. The Hall–Kier alpha value is -3.60. The Balaban J connectivity index is 1.61. The fourth-order valence-electron chi connectivity index (χ4n) is 2.45. The van der Waals surface area contributed by atoms with Gasteiger partial charge >= 0.3 is 5.69 Å². The molecule has 12 heteroatoms. The summed E-state index contributed by atoms with van der Waals surface area (Å²) in [7, 11) is 1.46. The molecule has 0 saturated heterocycles. The second kappa shape index (κ2) is 7.56. The molecule has 0 spiro atoms. The van der Waals surface area contributed by atoms with E-state index >= 15 is 0 Å². The van der Waals surface area contributed by atoms with Gasteiger partial charge in [0.05, 0.1) is 5.56 Å². The highest BCUT2D eigenvalue weighted by atomic mass is 35.5. The number of nitrogens with zero attached hydrogens (tertiary/aromatic N) is 2. The first-order chi connectivity index (χ1) is 13.3. The first kappa shape index (κ1) is 19.2. The summed E-state index contributed by atoms with van der Waals surface area (Å²) in [6.45, 7) is 0. The van der Waals surface area contributed by atoms with Gasteiger partial charge in [0, 0.05) is 24.9 Å². The van der Waals surface area contributed by atoms with Crippen molar-refractivity contribution in [3.8, 4) is 5.75 Å². The molecule has 11 nitrogen and oxygen atoms in total. The molecule has 2 amide bonds. The molecule has 0 saturated carbocycles. The zero-order chi connectivity index (χ0) is 20.4. The number of amides is 2. The Morgan fingerprint density at radius 2 is 2.00 bits per heavy atom. The van der Waals surface area contributed by atoms with Crippen LogP contribution in [0.1, 0.15) is 22.6 Å². The number of aromatic hydroxyl groups is 1. The first-order valence-corrected chi connectivity index (χ1v) is 8.39. The van der Waals surface area contributed by atoms with E-state index in [0.717, 1.165) is 0 Å². The molecule has 0 aliphatic rings. The predicted molar refractivity (Wildman–Crippen MR) is 99.0 cm³/mol. The van der Waals surface area contributed by atoms with Crippen molar-refractivity contribution in [2.75, 3.05) is 0 Å². The zero-order valence-electron chi connectivity index (χ0n) is 14.5. The maximum Gasteiger partial charge on any atom is 0.329 e. The third kappa shape index (κ3) is 3.88. The largest absolute Gasteiger partial charge is 0.507 e. The molecule has 3 aromatic rings. The minimum Gasteiger partial charge on any atom is -0.507 e. The number of fused-ring (bicyclic) bond motifs is 1. The fourth-order valence-corrected chi connectivity index (χ4v) is 2.62. The highest BCUT2D eigenvalue weighted by molar-refractivity contribution is 6.31. The van der Waals surface area contributed by atoms with Gasteiger partial charge in [-0.25, -0.2) is 9.78 Å². The van der Waals surface area contributed by atoms with Crippen LogP contribution in [-0.2, 0) is 18.3 Å². The molecular formula is C16H15ClN6O5. The smallest absolute Gasteiger partial charge is 0.329 e. The second-order valence-corrected chi connectivity index (χ2v) is 6.30. The van der Waals surface area contributed by atoms with Gasteiger partial charge in [0.2, 0.25) is 5.91 Å². The molecule has 0 fully saturated rings. The number of phenols is 1. The van der Waals surface area contributed by atoms with Crippen LogP contribution in [0, 0.1) is 0 Å². The van der Waals surface area contributed by atoms with Crippen LogP contribution >= 0.6 is 11.6 Å². The molecule has 0 aliphatic heterocycles. The quantitative estimate of drug-likeness (QED) is 0.374. The molecular weight excluding hydrogens is 392 g/mol. The number of hydrogen-bond acceptors (Lipinski definition) is 6. The van der Waals surface area contributed by atoms with E-state index in [9.17, 15) is 24.3 Å². The van der Waals surface area contributed by atoms with E-state index in [4.69, 9.17) is 11.6 Å². The second-order valence-electron chi connectivity index (χ2n) is 5.86. The number of carbonyl (C=O) groups excluding carboxylic acids is 2. The highest BCUT2D eigenvalue weighted by Gasteiger charge is 2.14. The van der Waals surface area contributed by atoms with Crippen LogP contribution in [0.15, 0.2) is 27.8 Å². The number of halogens is 1. The van der Waals surface area contributed by atoms with Gasteiger partial charge in [0.1, 0.15) is 17.1 Å². The maximum absolute atomic E-state index is 12.0. The molecule has 0 unspecified atom stereocenters. The number of nitrogens with one attached hydrogen (secondary N) is 4. The van der Waals surface area contributed by atoms with Crippen molar-refractivity contribution in [3.05, 3.63) is 55.4 Å². The van der Waals surface area contributed by atoms with Crippen LogP contribution < -0.4 is 22.1 Å². The summed E-state index contributed by atoms with van der Waals surface area (Å²) >= 11 is 5.77. The van der Waals surface area contributed by atoms with Gasteiger partial charge in [0.25, 0.3) is 11.5 Å². The molecule has 146 valence electrons. The van der Waals surface area contributed by atoms with Gasteiger partial charge in [-0.05, 0) is 18.2 Å². The maximum atomic E-state index is 12.0. The lowest BCUT2D eigenvalue weighted by molar-refractivity contribution is -0.121. The zero-order valence-corrected chi connectivity index (χ0v) is 15.3. The number of rotatable bonds is 4. The van der Waals surface area contributed by atoms with Crippen molar-refractivity contribution >= 4 is 34.6 Å². The topological polar surface area (TPSA) is 162 Å². The van der Waals surface area contributed by atoms with Gasteiger partial charge in [-0.2, -0.15) is 0 Å². The van der Waals surface area contributed by atoms with Crippen LogP contribution in [0.2, 0.25) is 5.02 Å². The summed E-state index contributed by atoms with van der Waals surface area (Å²) in [4.78, 5) is 56.3. The van der Waals surface area contributed by atoms with Crippen molar-refractivity contribution in [3.63, 3.8) is 0 Å². The number of aryl methyl sites for hydroxylation is 2. The number of carbonyl (C=O) groups is 2. The Kier molecular flexibility index (Phi) is 5.18. The number of imidazole rings is 1. The summed E-state index contributed by atoms with van der Waals surface area (Å²) in [5.41, 5.74) is 3.38. The van der Waals surface area contributed by atoms with Crippen molar-refractivity contribution < 1.29 is 14.7 Å². The fraction of sp³-hybridized carbons (Fsp3) is 0.188. The Morgan fingerprint density at radius 1 is 1.25 bits per heavy atom. The van der Waals surface area contributed by atoms with Crippen LogP contribution in [-0.4, -0.2) is 36.4 Å². The van der Waals surface area contributed by atoms with Crippen molar-refractivity contribution in [1.82, 2.24) is 30.4 Å². The van der Waals surface area contributed by atoms with Gasteiger partial charge < -0.3 is 10.1 Å². The van der Waals surface area contributed by atoms with Gasteiger partial charge in [-0.15, -0.1) is 0 Å².